The van der Waals surface area contributed by atoms with Crippen molar-refractivity contribution in [3.63, 3.8) is 0 Å². The number of nitrogens with zero attached hydrogens (tertiary/aromatic N) is 4. The number of benzene rings is 1. The van der Waals surface area contributed by atoms with Crippen LogP contribution in [0.15, 0.2) is 42.1 Å². The van der Waals surface area contributed by atoms with Gasteiger partial charge < -0.3 is 14.8 Å². The summed E-state index contributed by atoms with van der Waals surface area (Å²) in [7, 11) is 0. The Kier molecular flexibility index (Phi) is 9.23. The highest BCUT2D eigenvalue weighted by atomic mass is 32.2. The third kappa shape index (κ3) is 6.67. The highest BCUT2D eigenvalue weighted by Crippen LogP contribution is 2.24. The molecule has 180 valence electrons. The summed E-state index contributed by atoms with van der Waals surface area (Å²) < 4.78 is 12.7. The van der Waals surface area contributed by atoms with E-state index >= 15 is 0 Å². The summed E-state index contributed by atoms with van der Waals surface area (Å²) in [6.07, 6.45) is 2.71. The average molecular weight is 502 g/mol. The molecular weight excluding hydrogens is 474 g/mol. The first-order valence-corrected chi connectivity index (χ1v) is 12.6. The number of aryl methyl sites for hydroxylation is 2. The zero-order chi connectivity index (χ0) is 24.5. The molecule has 1 N–H and O–H groups in total. The third-order valence-electron chi connectivity index (χ3n) is 4.64. The molecule has 0 saturated heterocycles. The molecule has 11 heteroatoms. The van der Waals surface area contributed by atoms with Gasteiger partial charge in [0.25, 0.3) is 0 Å². The van der Waals surface area contributed by atoms with Gasteiger partial charge >= 0.3 is 5.97 Å². The lowest BCUT2D eigenvalue weighted by atomic mass is 10.2. The number of hydrogen-bond acceptors (Lipinski definition) is 9. The Balaban J connectivity index is 1.59. The Morgan fingerprint density at radius 3 is 2.68 bits per heavy atom. The predicted octanol–water partition coefficient (Wildman–Crippen LogP) is 4.28. The van der Waals surface area contributed by atoms with Crippen LogP contribution in [0.2, 0.25) is 0 Å². The van der Waals surface area contributed by atoms with E-state index in [0.29, 0.717) is 33.2 Å². The maximum absolute atomic E-state index is 12.5. The molecule has 1 amide bonds. The summed E-state index contributed by atoms with van der Waals surface area (Å²) in [5.41, 5.74) is 1.76. The first kappa shape index (κ1) is 25.4. The first-order chi connectivity index (χ1) is 16.4. The smallest absolute Gasteiger partial charge is 0.350 e. The van der Waals surface area contributed by atoms with Crippen LogP contribution in [0.3, 0.4) is 0 Å². The average Bonchev–Trinajstić information content (AvgIpc) is 3.39. The fraction of sp³-hybridized carbons (Fsp3) is 0.348. The quantitative estimate of drug-likeness (QED) is 0.223. The molecule has 0 aliphatic heterocycles. The number of thiazole rings is 1. The predicted molar refractivity (Wildman–Crippen MR) is 133 cm³/mol. The van der Waals surface area contributed by atoms with Crippen LogP contribution in [-0.2, 0) is 29.1 Å². The molecule has 0 aliphatic carbocycles. The van der Waals surface area contributed by atoms with Crippen molar-refractivity contribution in [2.24, 2.45) is 0 Å². The largest absolute Gasteiger partial charge is 0.486 e. The molecule has 0 bridgehead atoms. The molecule has 0 spiro atoms. The van der Waals surface area contributed by atoms with Crippen molar-refractivity contribution in [3.8, 4) is 5.75 Å². The van der Waals surface area contributed by atoms with Gasteiger partial charge in [0.05, 0.1) is 18.1 Å². The number of allylic oxidation sites excluding steroid dienone is 1. The van der Waals surface area contributed by atoms with Crippen LogP contribution in [-0.4, -0.2) is 44.0 Å². The molecular formula is C23H27N5O4S2. The number of aromatic nitrogens is 4. The van der Waals surface area contributed by atoms with Crippen LogP contribution < -0.4 is 10.1 Å². The monoisotopic (exact) mass is 501 g/mol. The van der Waals surface area contributed by atoms with Crippen LogP contribution in [0.5, 0.6) is 5.75 Å². The zero-order valence-electron chi connectivity index (χ0n) is 19.4. The maximum Gasteiger partial charge on any atom is 0.350 e. The lowest BCUT2D eigenvalue weighted by Crippen LogP contribution is -2.15. The summed E-state index contributed by atoms with van der Waals surface area (Å²) in [6.45, 7) is 10.3. The molecule has 0 aliphatic rings. The zero-order valence-corrected chi connectivity index (χ0v) is 21.0. The minimum absolute atomic E-state index is 0.0992. The van der Waals surface area contributed by atoms with E-state index in [0.717, 1.165) is 23.5 Å². The number of esters is 1. The van der Waals surface area contributed by atoms with Gasteiger partial charge in [-0.3, -0.25) is 9.36 Å². The van der Waals surface area contributed by atoms with Crippen molar-refractivity contribution in [2.75, 3.05) is 17.7 Å². The normalized spacial score (nSPS) is 10.7. The summed E-state index contributed by atoms with van der Waals surface area (Å²) in [6, 6.07) is 7.92. The number of hydrogen-bond donors (Lipinski definition) is 1. The van der Waals surface area contributed by atoms with Gasteiger partial charge in [0.1, 0.15) is 17.2 Å². The van der Waals surface area contributed by atoms with Crippen LogP contribution in [0.1, 0.15) is 40.6 Å². The van der Waals surface area contributed by atoms with E-state index in [2.05, 4.69) is 34.0 Å². The number of nitrogens with one attached hydrogen (secondary N) is 1. The van der Waals surface area contributed by atoms with Crippen LogP contribution in [0.4, 0.5) is 5.13 Å². The van der Waals surface area contributed by atoms with E-state index < -0.39 is 5.97 Å². The van der Waals surface area contributed by atoms with Crippen molar-refractivity contribution in [2.45, 2.75) is 45.5 Å². The Bertz CT molecular complexity index is 1140. The van der Waals surface area contributed by atoms with Gasteiger partial charge in [0.15, 0.2) is 16.1 Å². The Hall–Kier alpha value is -3.18. The van der Waals surface area contributed by atoms with Crippen LogP contribution >= 0.6 is 23.1 Å². The minimum Gasteiger partial charge on any atom is -0.486 e. The van der Waals surface area contributed by atoms with Crippen molar-refractivity contribution in [3.05, 3.63) is 58.9 Å². The second-order valence-corrected chi connectivity index (χ2v) is 9.02. The number of rotatable bonds is 12. The second-order valence-electron chi connectivity index (χ2n) is 7.08. The minimum atomic E-state index is -0.444. The summed E-state index contributed by atoms with van der Waals surface area (Å²) in [5, 5.41) is 12.1. The van der Waals surface area contributed by atoms with Gasteiger partial charge in [0, 0.05) is 6.54 Å². The third-order valence-corrected chi connectivity index (χ3v) is 6.66. The molecule has 2 heterocycles. The van der Waals surface area contributed by atoms with E-state index in [1.165, 1.54) is 17.3 Å². The molecule has 2 aromatic heterocycles. The summed E-state index contributed by atoms with van der Waals surface area (Å²) in [4.78, 5) is 29.0. The molecule has 0 fully saturated rings. The molecule has 0 unspecified atom stereocenters. The summed E-state index contributed by atoms with van der Waals surface area (Å²) >= 11 is 2.34. The van der Waals surface area contributed by atoms with Gasteiger partial charge in [-0.1, -0.05) is 48.2 Å². The van der Waals surface area contributed by atoms with E-state index in [1.54, 1.807) is 19.9 Å². The van der Waals surface area contributed by atoms with Gasteiger partial charge in [-0.25, -0.2) is 9.78 Å². The Morgan fingerprint density at radius 1 is 1.24 bits per heavy atom. The number of thioether (sulfide) groups is 1. The van der Waals surface area contributed by atoms with E-state index in [4.69, 9.17) is 9.47 Å². The number of ether oxygens (including phenoxy) is 2. The number of carbonyl (C=O) groups is 2. The van der Waals surface area contributed by atoms with Gasteiger partial charge in [-0.15, -0.1) is 16.8 Å². The van der Waals surface area contributed by atoms with Crippen molar-refractivity contribution in [1.29, 1.82) is 0 Å². The standard InChI is InChI=1S/C23H27N5O4S2/c1-5-12-28-18(13-32-17-10-8-16(6-2)9-11-17)26-27-23(28)33-14-19(29)25-22-24-15(4)20(34-22)21(30)31-7-3/h5,8-11H,1,6-7,12-14H2,2-4H3,(H,24,25,29). The van der Waals surface area contributed by atoms with E-state index in [9.17, 15) is 9.59 Å². The molecule has 3 rings (SSSR count). The van der Waals surface area contributed by atoms with Crippen molar-refractivity contribution in [1.82, 2.24) is 19.7 Å². The topological polar surface area (TPSA) is 108 Å². The van der Waals surface area contributed by atoms with Gasteiger partial charge in [-0.2, -0.15) is 0 Å². The van der Waals surface area contributed by atoms with E-state index in [1.807, 2.05) is 28.8 Å². The Labute approximate surface area is 206 Å². The number of anilines is 1. The highest BCUT2D eigenvalue weighted by molar-refractivity contribution is 7.99. The lowest BCUT2D eigenvalue weighted by Gasteiger charge is -2.09. The fourth-order valence-electron chi connectivity index (χ4n) is 2.94. The highest BCUT2D eigenvalue weighted by Gasteiger charge is 2.19. The molecule has 34 heavy (non-hydrogen) atoms. The molecule has 0 saturated carbocycles. The lowest BCUT2D eigenvalue weighted by molar-refractivity contribution is -0.113. The molecule has 1 aromatic carbocycles. The van der Waals surface area contributed by atoms with Crippen molar-refractivity contribution >= 4 is 40.1 Å². The second kappa shape index (κ2) is 12.3. The fourth-order valence-corrected chi connectivity index (χ4v) is 4.58. The van der Waals surface area contributed by atoms with E-state index in [-0.39, 0.29) is 24.9 Å². The Morgan fingerprint density at radius 2 is 2.00 bits per heavy atom. The molecule has 0 radical (unpaired) electrons. The van der Waals surface area contributed by atoms with Crippen molar-refractivity contribution < 1.29 is 19.1 Å². The summed E-state index contributed by atoms with van der Waals surface area (Å²) in [5.74, 6) is 0.774. The molecule has 0 atom stereocenters. The number of carbonyl (C=O) groups excluding carboxylic acids is 2. The maximum atomic E-state index is 12.5. The van der Waals surface area contributed by atoms with Gasteiger partial charge in [-0.05, 0) is 38.0 Å². The SMILES string of the molecule is C=CCn1c(COc2ccc(CC)cc2)nnc1SCC(=O)Nc1nc(C)c(C(=O)OCC)s1. The van der Waals surface area contributed by atoms with Gasteiger partial charge in [0.2, 0.25) is 5.91 Å². The molecule has 3 aromatic rings. The molecule has 9 nitrogen and oxygen atoms in total. The van der Waals surface area contributed by atoms with Crippen LogP contribution in [0, 0.1) is 6.92 Å². The first-order valence-electron chi connectivity index (χ1n) is 10.8. The number of amides is 1. The van der Waals surface area contributed by atoms with Crippen LogP contribution in [0.25, 0.3) is 0 Å².